The van der Waals surface area contributed by atoms with Crippen LogP contribution in [0.5, 0.6) is 0 Å². The molecule has 1 saturated carbocycles. The largest absolute Gasteiger partial charge is 0.389 e. The molecule has 2 atom stereocenters. The highest BCUT2D eigenvalue weighted by Crippen LogP contribution is 2.37. The zero-order valence-corrected chi connectivity index (χ0v) is 12.7. The number of ether oxygens (including phenoxy) is 1. The minimum atomic E-state index is -0.820. The maximum atomic E-state index is 12.4. The Bertz CT molecular complexity index is 386. The van der Waals surface area contributed by atoms with Gasteiger partial charge in [-0.2, -0.15) is 0 Å². The molecule has 3 aliphatic rings. The van der Waals surface area contributed by atoms with Crippen LogP contribution in [0.4, 0.5) is 0 Å². The van der Waals surface area contributed by atoms with E-state index >= 15 is 0 Å². The van der Waals surface area contributed by atoms with Crippen molar-refractivity contribution in [2.45, 2.75) is 75.1 Å². The van der Waals surface area contributed by atoms with Crippen molar-refractivity contribution in [3.63, 3.8) is 0 Å². The summed E-state index contributed by atoms with van der Waals surface area (Å²) in [6.45, 7) is 1.69. The van der Waals surface area contributed by atoms with Crippen molar-refractivity contribution in [2.24, 2.45) is 0 Å². The van der Waals surface area contributed by atoms with Crippen molar-refractivity contribution in [1.29, 1.82) is 0 Å². The third-order valence-corrected chi connectivity index (χ3v) is 5.56. The second-order valence-electron chi connectivity index (χ2n) is 7.08. The first-order valence-electron chi connectivity index (χ1n) is 8.35. The standard InChI is InChI=1S/C16H27NO4/c18-13-12-17(9-8-16(13)7-4-10-21-16)14(19)11-15(20)5-2-1-3-6-15/h13,18,20H,1-12H2/t13-,16-/m0/s1. The van der Waals surface area contributed by atoms with Gasteiger partial charge in [0.15, 0.2) is 0 Å². The molecule has 2 heterocycles. The summed E-state index contributed by atoms with van der Waals surface area (Å²) in [6.07, 6.45) is 6.80. The van der Waals surface area contributed by atoms with E-state index in [9.17, 15) is 15.0 Å². The van der Waals surface area contributed by atoms with E-state index in [2.05, 4.69) is 0 Å². The lowest BCUT2D eigenvalue weighted by atomic mass is 9.81. The molecule has 0 aromatic rings. The number of carbonyl (C=O) groups excluding carboxylic acids is 1. The van der Waals surface area contributed by atoms with Gasteiger partial charge in [-0.3, -0.25) is 4.79 Å². The third-order valence-electron chi connectivity index (χ3n) is 5.56. The molecule has 5 heteroatoms. The Morgan fingerprint density at radius 1 is 1.14 bits per heavy atom. The second kappa shape index (κ2) is 5.86. The van der Waals surface area contributed by atoms with Crippen LogP contribution in [-0.2, 0) is 9.53 Å². The lowest BCUT2D eigenvalue weighted by Crippen LogP contribution is -2.57. The minimum absolute atomic E-state index is 0.0219. The van der Waals surface area contributed by atoms with Gasteiger partial charge in [0.1, 0.15) is 6.10 Å². The quantitative estimate of drug-likeness (QED) is 0.804. The van der Waals surface area contributed by atoms with Crippen molar-refractivity contribution in [1.82, 2.24) is 4.90 Å². The molecule has 5 nitrogen and oxygen atoms in total. The molecule has 0 unspecified atom stereocenters. The second-order valence-corrected chi connectivity index (χ2v) is 7.08. The highest BCUT2D eigenvalue weighted by atomic mass is 16.5. The fourth-order valence-corrected chi connectivity index (χ4v) is 4.14. The van der Waals surface area contributed by atoms with E-state index in [1.54, 1.807) is 4.90 Å². The number of rotatable bonds is 2. The zero-order valence-electron chi connectivity index (χ0n) is 12.7. The van der Waals surface area contributed by atoms with E-state index in [0.717, 1.165) is 44.9 Å². The fraction of sp³-hybridized carbons (Fsp3) is 0.938. The van der Waals surface area contributed by atoms with Crippen molar-refractivity contribution >= 4 is 5.91 Å². The summed E-state index contributed by atoms with van der Waals surface area (Å²) in [6, 6.07) is 0. The smallest absolute Gasteiger partial charge is 0.225 e. The Labute approximate surface area is 126 Å². The van der Waals surface area contributed by atoms with Crippen LogP contribution in [0.1, 0.15) is 57.8 Å². The summed E-state index contributed by atoms with van der Waals surface area (Å²) >= 11 is 0. The van der Waals surface area contributed by atoms with E-state index in [1.165, 1.54) is 0 Å². The molecule has 120 valence electrons. The predicted molar refractivity (Wildman–Crippen MR) is 77.8 cm³/mol. The van der Waals surface area contributed by atoms with E-state index in [1.807, 2.05) is 0 Å². The van der Waals surface area contributed by atoms with Gasteiger partial charge >= 0.3 is 0 Å². The minimum Gasteiger partial charge on any atom is -0.389 e. The average Bonchev–Trinajstić information content (AvgIpc) is 2.92. The summed E-state index contributed by atoms with van der Waals surface area (Å²) in [5, 5.41) is 20.9. The van der Waals surface area contributed by atoms with Gasteiger partial charge in [0, 0.05) is 19.7 Å². The monoisotopic (exact) mass is 297 g/mol. The summed E-state index contributed by atoms with van der Waals surface area (Å²) < 4.78 is 5.75. The SMILES string of the molecule is O=C(CC1(O)CCCCC1)N1CC[C@@]2(CCCO2)[C@@H](O)C1. The van der Waals surface area contributed by atoms with Gasteiger partial charge < -0.3 is 19.8 Å². The first kappa shape index (κ1) is 15.3. The molecule has 0 bridgehead atoms. The number of likely N-dealkylation sites (tertiary alicyclic amines) is 1. The van der Waals surface area contributed by atoms with Crippen LogP contribution in [0.2, 0.25) is 0 Å². The lowest BCUT2D eigenvalue weighted by molar-refractivity contribution is -0.157. The molecular formula is C16H27NO4. The number of piperidine rings is 1. The van der Waals surface area contributed by atoms with Crippen molar-refractivity contribution < 1.29 is 19.7 Å². The normalized spacial score (nSPS) is 36.1. The number of β-amino-alcohol motifs (C(OH)–C–C–N with tert-alkyl or cyclic N) is 1. The molecule has 21 heavy (non-hydrogen) atoms. The van der Waals surface area contributed by atoms with Crippen LogP contribution >= 0.6 is 0 Å². The Morgan fingerprint density at radius 3 is 2.52 bits per heavy atom. The number of hydrogen-bond acceptors (Lipinski definition) is 4. The highest BCUT2D eigenvalue weighted by molar-refractivity contribution is 5.77. The Hall–Kier alpha value is -0.650. The molecular weight excluding hydrogens is 270 g/mol. The number of amides is 1. The first-order valence-corrected chi connectivity index (χ1v) is 8.35. The summed E-state index contributed by atoms with van der Waals surface area (Å²) in [7, 11) is 0. The van der Waals surface area contributed by atoms with Crippen LogP contribution in [0, 0.1) is 0 Å². The first-order chi connectivity index (χ1) is 10.0. The summed E-state index contributed by atoms with van der Waals surface area (Å²) in [5.74, 6) is -0.0219. The fourth-order valence-electron chi connectivity index (χ4n) is 4.14. The van der Waals surface area contributed by atoms with Crippen molar-refractivity contribution in [3.05, 3.63) is 0 Å². The Morgan fingerprint density at radius 2 is 1.90 bits per heavy atom. The molecule has 0 radical (unpaired) electrons. The van der Waals surface area contributed by atoms with E-state index in [0.29, 0.717) is 26.1 Å². The maximum Gasteiger partial charge on any atom is 0.225 e. The summed E-state index contributed by atoms with van der Waals surface area (Å²) in [5.41, 5.74) is -1.24. The van der Waals surface area contributed by atoms with Gasteiger partial charge in [0.05, 0.1) is 17.6 Å². The van der Waals surface area contributed by atoms with Crippen molar-refractivity contribution in [3.8, 4) is 0 Å². The van der Waals surface area contributed by atoms with Crippen LogP contribution < -0.4 is 0 Å². The number of carbonyl (C=O) groups is 1. The van der Waals surface area contributed by atoms with E-state index < -0.39 is 17.3 Å². The van der Waals surface area contributed by atoms with Crippen LogP contribution in [0.3, 0.4) is 0 Å². The number of aliphatic hydroxyl groups excluding tert-OH is 1. The molecule has 3 rings (SSSR count). The van der Waals surface area contributed by atoms with Gasteiger partial charge in [-0.1, -0.05) is 19.3 Å². The molecule has 0 aromatic carbocycles. The summed E-state index contributed by atoms with van der Waals surface area (Å²) in [4.78, 5) is 14.1. The van der Waals surface area contributed by atoms with E-state index in [-0.39, 0.29) is 12.3 Å². The van der Waals surface area contributed by atoms with Gasteiger partial charge in [-0.15, -0.1) is 0 Å². The molecule has 1 aliphatic carbocycles. The Balaban J connectivity index is 1.56. The van der Waals surface area contributed by atoms with Crippen molar-refractivity contribution in [2.75, 3.05) is 19.7 Å². The zero-order chi connectivity index (χ0) is 14.9. The highest BCUT2D eigenvalue weighted by Gasteiger charge is 2.47. The predicted octanol–water partition coefficient (Wildman–Crippen LogP) is 1.21. The average molecular weight is 297 g/mol. The molecule has 3 fully saturated rings. The molecule has 0 aromatic heterocycles. The molecule has 2 N–H and O–H groups in total. The molecule has 2 aliphatic heterocycles. The third kappa shape index (κ3) is 3.10. The van der Waals surface area contributed by atoms with Crippen LogP contribution in [0.15, 0.2) is 0 Å². The van der Waals surface area contributed by atoms with E-state index in [4.69, 9.17) is 4.74 Å². The topological polar surface area (TPSA) is 70.0 Å². The number of aliphatic hydroxyl groups is 2. The molecule has 1 amide bonds. The maximum absolute atomic E-state index is 12.4. The van der Waals surface area contributed by atoms with Gasteiger partial charge in [-0.05, 0) is 32.1 Å². The van der Waals surface area contributed by atoms with Crippen LogP contribution in [-0.4, -0.2) is 58.0 Å². The number of nitrogens with zero attached hydrogens (tertiary/aromatic N) is 1. The molecule has 1 spiro atoms. The molecule has 2 saturated heterocycles. The lowest BCUT2D eigenvalue weighted by Gasteiger charge is -2.43. The van der Waals surface area contributed by atoms with Gasteiger partial charge in [0.25, 0.3) is 0 Å². The van der Waals surface area contributed by atoms with Gasteiger partial charge in [-0.25, -0.2) is 0 Å². The Kier molecular flexibility index (Phi) is 4.26. The van der Waals surface area contributed by atoms with Crippen LogP contribution in [0.25, 0.3) is 0 Å². The number of hydrogen-bond donors (Lipinski definition) is 2. The van der Waals surface area contributed by atoms with Gasteiger partial charge in [0.2, 0.25) is 5.91 Å².